The van der Waals surface area contributed by atoms with Crippen LogP contribution >= 0.6 is 0 Å². The van der Waals surface area contributed by atoms with Gasteiger partial charge in [-0.1, -0.05) is 221 Å². The zero-order chi connectivity index (χ0) is 47.2. The fraction of sp³-hybridized carbons (Fsp3) is 0.712. The van der Waals surface area contributed by atoms with Crippen LogP contribution in [-0.4, -0.2) is 37.2 Å². The predicted molar refractivity (Wildman–Crippen MR) is 279 cm³/mol. The van der Waals surface area contributed by atoms with E-state index in [0.717, 1.165) is 70.6 Å². The van der Waals surface area contributed by atoms with E-state index >= 15 is 0 Å². The van der Waals surface area contributed by atoms with Gasteiger partial charge in [0.05, 0.1) is 0 Å². The summed E-state index contributed by atoms with van der Waals surface area (Å²) in [7, 11) is 0. The molecule has 0 amide bonds. The molecule has 0 aromatic heterocycles. The molecule has 0 aromatic carbocycles. The van der Waals surface area contributed by atoms with Gasteiger partial charge in [0, 0.05) is 19.3 Å². The van der Waals surface area contributed by atoms with E-state index in [1.807, 2.05) is 0 Å². The van der Waals surface area contributed by atoms with E-state index in [0.29, 0.717) is 19.3 Å². The lowest BCUT2D eigenvalue weighted by Gasteiger charge is -2.18. The summed E-state index contributed by atoms with van der Waals surface area (Å²) in [4.78, 5) is 38.0. The Morgan fingerprint density at radius 3 is 1.09 bits per heavy atom. The third-order valence-corrected chi connectivity index (χ3v) is 11.4. The zero-order valence-electron chi connectivity index (χ0n) is 42.5. The average Bonchev–Trinajstić information content (AvgIpc) is 3.30. The minimum Gasteiger partial charge on any atom is -0.462 e. The fourth-order valence-corrected chi connectivity index (χ4v) is 7.25. The minimum atomic E-state index is -0.815. The Kier molecular flexibility index (Phi) is 50.4. The van der Waals surface area contributed by atoms with Crippen LogP contribution in [0.15, 0.2) is 85.1 Å². The molecule has 372 valence electrons. The molecule has 6 heteroatoms. The van der Waals surface area contributed by atoms with Crippen molar-refractivity contribution in [3.63, 3.8) is 0 Å². The summed E-state index contributed by atoms with van der Waals surface area (Å²) in [6, 6.07) is 0. The van der Waals surface area contributed by atoms with E-state index in [1.54, 1.807) is 0 Å². The van der Waals surface area contributed by atoms with E-state index in [-0.39, 0.29) is 37.5 Å². The third-order valence-electron chi connectivity index (χ3n) is 11.4. The van der Waals surface area contributed by atoms with Gasteiger partial charge in [-0.3, -0.25) is 14.4 Å². The molecule has 0 aliphatic rings. The lowest BCUT2D eigenvalue weighted by atomic mass is 10.1. The molecular weight excluding hydrogens is 805 g/mol. The molecule has 0 aromatic rings. The first kappa shape index (κ1) is 61.6. The van der Waals surface area contributed by atoms with Crippen molar-refractivity contribution in [2.24, 2.45) is 0 Å². The van der Waals surface area contributed by atoms with E-state index in [1.165, 1.54) is 135 Å². The molecule has 0 aliphatic carbocycles. The van der Waals surface area contributed by atoms with E-state index in [9.17, 15) is 14.4 Å². The molecule has 0 N–H and O–H groups in total. The van der Waals surface area contributed by atoms with Gasteiger partial charge in [-0.25, -0.2) is 0 Å². The van der Waals surface area contributed by atoms with Crippen molar-refractivity contribution in [1.29, 1.82) is 0 Å². The van der Waals surface area contributed by atoms with Gasteiger partial charge in [-0.15, -0.1) is 0 Å². The van der Waals surface area contributed by atoms with Gasteiger partial charge in [-0.05, 0) is 96.3 Å². The Balaban J connectivity index is 4.44. The second kappa shape index (κ2) is 53.2. The standard InChI is InChI=1S/C59H100O6/c1-4-7-10-13-16-19-22-24-26-28-29-31-32-34-37-40-43-46-49-52-58(61)64-55-56(54-63-57(60)51-48-45-42-39-36-21-18-15-12-9-6-3)65-59(62)53-50-47-44-41-38-35-33-30-27-25-23-20-17-14-11-8-5-2/h15-16,18-19,21-22,24-25,27,33,35-36,41,44,56H,4-14,17,20,23,26,28-32,34,37-40,42-43,45-55H2,1-3H3/b18-15-,19-16-,24-22-,27-25-,35-33-,36-21-,44-41-. The molecule has 0 rings (SSSR count). The van der Waals surface area contributed by atoms with Crippen LogP contribution in [0.1, 0.15) is 252 Å². The van der Waals surface area contributed by atoms with E-state index in [4.69, 9.17) is 14.2 Å². The fourth-order valence-electron chi connectivity index (χ4n) is 7.25. The summed E-state index contributed by atoms with van der Waals surface area (Å²) in [6.07, 6.45) is 68.6. The van der Waals surface area contributed by atoms with Gasteiger partial charge in [0.25, 0.3) is 0 Å². The van der Waals surface area contributed by atoms with Crippen molar-refractivity contribution < 1.29 is 28.6 Å². The first-order valence-corrected chi connectivity index (χ1v) is 27.1. The second-order valence-corrected chi connectivity index (χ2v) is 17.8. The lowest BCUT2D eigenvalue weighted by molar-refractivity contribution is -0.167. The molecule has 0 radical (unpaired) electrons. The van der Waals surface area contributed by atoms with Crippen LogP contribution in [0, 0.1) is 0 Å². The molecule has 0 heterocycles. The molecule has 0 saturated carbocycles. The smallest absolute Gasteiger partial charge is 0.306 e. The molecule has 6 nitrogen and oxygen atoms in total. The Morgan fingerprint density at radius 2 is 0.631 bits per heavy atom. The number of esters is 3. The number of carbonyl (C=O) groups is 3. The second-order valence-electron chi connectivity index (χ2n) is 17.8. The molecule has 0 aliphatic heterocycles. The van der Waals surface area contributed by atoms with Crippen LogP contribution < -0.4 is 0 Å². The third kappa shape index (κ3) is 51.4. The Hall–Kier alpha value is -3.41. The van der Waals surface area contributed by atoms with Gasteiger partial charge < -0.3 is 14.2 Å². The topological polar surface area (TPSA) is 78.9 Å². The van der Waals surface area contributed by atoms with Crippen LogP contribution in [0.2, 0.25) is 0 Å². The molecule has 0 saturated heterocycles. The Morgan fingerprint density at radius 1 is 0.323 bits per heavy atom. The quantitative estimate of drug-likeness (QED) is 0.0199. The summed E-state index contributed by atoms with van der Waals surface area (Å²) in [5, 5.41) is 0. The highest BCUT2D eigenvalue weighted by atomic mass is 16.6. The van der Waals surface area contributed by atoms with Crippen LogP contribution in [0.3, 0.4) is 0 Å². The minimum absolute atomic E-state index is 0.107. The molecule has 0 fully saturated rings. The van der Waals surface area contributed by atoms with Gasteiger partial charge in [0.15, 0.2) is 6.10 Å². The van der Waals surface area contributed by atoms with E-state index in [2.05, 4.69) is 106 Å². The molecule has 0 spiro atoms. The van der Waals surface area contributed by atoms with Crippen molar-refractivity contribution in [1.82, 2.24) is 0 Å². The maximum atomic E-state index is 12.8. The van der Waals surface area contributed by atoms with Crippen molar-refractivity contribution >= 4 is 17.9 Å². The maximum absolute atomic E-state index is 12.8. The first-order chi connectivity index (χ1) is 32.0. The Labute approximate surface area is 401 Å². The summed E-state index contributed by atoms with van der Waals surface area (Å²) in [6.45, 7) is 6.48. The SMILES string of the molecule is CCCC/C=C\C=C/CCCCCC(=O)OCC(COC(=O)CCCCCCCCCCCC/C=C\C=C/CCCCC)OC(=O)CCC/C=C\C/C=C\C/C=C\CCCCCCCC. The zero-order valence-corrected chi connectivity index (χ0v) is 42.5. The van der Waals surface area contributed by atoms with Gasteiger partial charge in [-0.2, -0.15) is 0 Å². The summed E-state index contributed by atoms with van der Waals surface area (Å²) in [5.74, 6) is -0.992. The van der Waals surface area contributed by atoms with Gasteiger partial charge in [0.2, 0.25) is 0 Å². The van der Waals surface area contributed by atoms with Crippen LogP contribution in [0.5, 0.6) is 0 Å². The summed E-state index contributed by atoms with van der Waals surface area (Å²) in [5.41, 5.74) is 0. The maximum Gasteiger partial charge on any atom is 0.306 e. The number of carbonyl (C=O) groups excluding carboxylic acids is 3. The largest absolute Gasteiger partial charge is 0.462 e. The van der Waals surface area contributed by atoms with Crippen LogP contribution in [0.25, 0.3) is 0 Å². The number of hydrogen-bond acceptors (Lipinski definition) is 6. The highest BCUT2D eigenvalue weighted by Gasteiger charge is 2.19. The van der Waals surface area contributed by atoms with Crippen molar-refractivity contribution in [3.05, 3.63) is 85.1 Å². The number of rotatable bonds is 48. The molecule has 0 bridgehead atoms. The average molecular weight is 905 g/mol. The number of hydrogen-bond donors (Lipinski definition) is 0. The van der Waals surface area contributed by atoms with Gasteiger partial charge >= 0.3 is 17.9 Å². The lowest BCUT2D eigenvalue weighted by Crippen LogP contribution is -2.30. The molecule has 1 atom stereocenters. The van der Waals surface area contributed by atoms with Gasteiger partial charge in [0.1, 0.15) is 13.2 Å². The Bertz CT molecular complexity index is 1270. The monoisotopic (exact) mass is 905 g/mol. The molecule has 65 heavy (non-hydrogen) atoms. The normalized spacial score (nSPS) is 12.7. The number of allylic oxidation sites excluding steroid dienone is 14. The van der Waals surface area contributed by atoms with E-state index < -0.39 is 6.10 Å². The number of unbranched alkanes of at least 4 members (excludes halogenated alkanes) is 25. The predicted octanol–water partition coefficient (Wildman–Crippen LogP) is 18.0. The van der Waals surface area contributed by atoms with Crippen molar-refractivity contribution in [2.75, 3.05) is 13.2 Å². The van der Waals surface area contributed by atoms with Crippen LogP contribution in [0.4, 0.5) is 0 Å². The van der Waals surface area contributed by atoms with Crippen LogP contribution in [-0.2, 0) is 28.6 Å². The van der Waals surface area contributed by atoms with Crippen molar-refractivity contribution in [3.8, 4) is 0 Å². The summed E-state index contributed by atoms with van der Waals surface area (Å²) >= 11 is 0. The highest BCUT2D eigenvalue weighted by Crippen LogP contribution is 2.14. The highest BCUT2D eigenvalue weighted by molar-refractivity contribution is 5.71. The first-order valence-electron chi connectivity index (χ1n) is 27.1. The molecule has 1 unspecified atom stereocenters. The number of ether oxygens (including phenoxy) is 3. The molecular formula is C59H100O6. The summed E-state index contributed by atoms with van der Waals surface area (Å²) < 4.78 is 16.7. The van der Waals surface area contributed by atoms with Crippen molar-refractivity contribution in [2.45, 2.75) is 258 Å².